The average Bonchev–Trinajstić information content (AvgIpc) is 2.28. The molecule has 6 heteroatoms. The van der Waals surface area contributed by atoms with Gasteiger partial charge in [0.2, 0.25) is 11.8 Å². The van der Waals surface area contributed by atoms with Crippen molar-refractivity contribution in [2.75, 3.05) is 5.32 Å². The van der Waals surface area contributed by atoms with Crippen LogP contribution in [0, 0.1) is 0 Å². The van der Waals surface area contributed by atoms with E-state index in [0.29, 0.717) is 5.69 Å². The van der Waals surface area contributed by atoms with E-state index in [2.05, 4.69) is 10.6 Å². The second kappa shape index (κ2) is 7.76. The molecule has 0 radical (unpaired) electrons. The Labute approximate surface area is 119 Å². The van der Waals surface area contributed by atoms with Gasteiger partial charge in [0, 0.05) is 12.6 Å². The van der Waals surface area contributed by atoms with E-state index in [-0.39, 0.29) is 30.3 Å². The summed E-state index contributed by atoms with van der Waals surface area (Å²) in [4.78, 5) is 22.4. The third-order valence-corrected chi connectivity index (χ3v) is 2.48. The van der Waals surface area contributed by atoms with Crippen LogP contribution in [0.4, 0.5) is 5.69 Å². The largest absolute Gasteiger partial charge is 0.348 e. The quantitative estimate of drug-likeness (QED) is 0.785. The number of rotatable bonds is 4. The highest BCUT2D eigenvalue weighted by atomic mass is 35.5. The molecule has 1 aromatic carbocycles. The maximum atomic E-state index is 11.5. The molecular weight excluding hydrogens is 266 g/mol. The molecule has 1 aromatic rings. The van der Waals surface area contributed by atoms with Gasteiger partial charge in [-0.15, -0.1) is 12.4 Å². The van der Waals surface area contributed by atoms with Gasteiger partial charge in [-0.2, -0.15) is 0 Å². The molecule has 0 aliphatic carbocycles. The van der Waals surface area contributed by atoms with Crippen molar-refractivity contribution in [3.8, 4) is 0 Å². The Kier molecular flexibility index (Phi) is 7.11. The zero-order valence-corrected chi connectivity index (χ0v) is 12.1. The standard InChI is InChI=1S/C13H19N3O2.ClH/c1-8(14)13(18)15-9(2)11-5-4-6-12(7-11)16-10(3)17;/h4-9H,14H2,1-3H3,(H,15,18)(H,16,17);1H/t8-,9?;/m0./s1. The second-order valence-corrected chi connectivity index (χ2v) is 4.33. The fraction of sp³-hybridized carbons (Fsp3) is 0.385. The first-order valence-electron chi connectivity index (χ1n) is 5.83. The summed E-state index contributed by atoms with van der Waals surface area (Å²) in [5.41, 5.74) is 7.11. The number of benzene rings is 1. The lowest BCUT2D eigenvalue weighted by molar-refractivity contribution is -0.122. The van der Waals surface area contributed by atoms with Gasteiger partial charge in [0.15, 0.2) is 0 Å². The molecule has 0 aliphatic heterocycles. The lowest BCUT2D eigenvalue weighted by Gasteiger charge is -2.16. The van der Waals surface area contributed by atoms with Crippen molar-refractivity contribution in [3.05, 3.63) is 29.8 Å². The van der Waals surface area contributed by atoms with E-state index in [1.807, 2.05) is 25.1 Å². The summed E-state index contributed by atoms with van der Waals surface area (Å²) < 4.78 is 0. The molecule has 1 unspecified atom stereocenters. The third kappa shape index (κ3) is 5.72. The van der Waals surface area contributed by atoms with Crippen LogP contribution in [0.1, 0.15) is 32.4 Å². The summed E-state index contributed by atoms with van der Waals surface area (Å²) in [6, 6.07) is 6.65. The minimum absolute atomic E-state index is 0. The van der Waals surface area contributed by atoms with Crippen LogP contribution in [0.2, 0.25) is 0 Å². The molecule has 0 aliphatic rings. The normalized spacial score (nSPS) is 12.8. The number of halogens is 1. The number of hydrogen-bond donors (Lipinski definition) is 3. The van der Waals surface area contributed by atoms with Crippen LogP contribution >= 0.6 is 12.4 Å². The number of hydrogen-bond acceptors (Lipinski definition) is 3. The van der Waals surface area contributed by atoms with Gasteiger partial charge >= 0.3 is 0 Å². The molecule has 1 rings (SSSR count). The Hall–Kier alpha value is -1.59. The zero-order chi connectivity index (χ0) is 13.7. The smallest absolute Gasteiger partial charge is 0.237 e. The van der Waals surface area contributed by atoms with Crippen LogP contribution in [-0.2, 0) is 9.59 Å². The summed E-state index contributed by atoms with van der Waals surface area (Å²) in [7, 11) is 0. The summed E-state index contributed by atoms with van der Waals surface area (Å²) in [5.74, 6) is -0.327. The van der Waals surface area contributed by atoms with Crippen molar-refractivity contribution < 1.29 is 9.59 Å². The van der Waals surface area contributed by atoms with E-state index in [4.69, 9.17) is 5.73 Å². The molecule has 2 amide bonds. The van der Waals surface area contributed by atoms with Crippen LogP contribution in [0.5, 0.6) is 0 Å². The van der Waals surface area contributed by atoms with Gasteiger partial charge in [0.1, 0.15) is 0 Å². The van der Waals surface area contributed by atoms with E-state index in [1.165, 1.54) is 6.92 Å². The van der Waals surface area contributed by atoms with Crippen LogP contribution in [0.3, 0.4) is 0 Å². The highest BCUT2D eigenvalue weighted by Crippen LogP contribution is 2.17. The molecule has 0 heterocycles. The maximum Gasteiger partial charge on any atom is 0.237 e. The van der Waals surface area contributed by atoms with Crippen LogP contribution in [-0.4, -0.2) is 17.9 Å². The molecule has 0 saturated carbocycles. The lowest BCUT2D eigenvalue weighted by atomic mass is 10.1. The predicted molar refractivity (Wildman–Crippen MR) is 78.2 cm³/mol. The summed E-state index contributed by atoms with van der Waals surface area (Å²) in [5, 5.41) is 5.50. The van der Waals surface area contributed by atoms with Crippen LogP contribution < -0.4 is 16.4 Å². The number of carbonyl (C=O) groups excluding carboxylic acids is 2. The molecule has 0 aromatic heterocycles. The average molecular weight is 286 g/mol. The van der Waals surface area contributed by atoms with E-state index >= 15 is 0 Å². The van der Waals surface area contributed by atoms with Gasteiger partial charge in [-0.05, 0) is 31.5 Å². The minimum atomic E-state index is -0.536. The van der Waals surface area contributed by atoms with Crippen molar-refractivity contribution in [3.63, 3.8) is 0 Å². The fourth-order valence-corrected chi connectivity index (χ4v) is 1.52. The Morgan fingerprint density at radius 1 is 1.26 bits per heavy atom. The molecule has 106 valence electrons. The number of amides is 2. The van der Waals surface area contributed by atoms with Crippen LogP contribution in [0.25, 0.3) is 0 Å². The van der Waals surface area contributed by atoms with Gasteiger partial charge in [0.05, 0.1) is 12.1 Å². The molecule has 0 spiro atoms. The van der Waals surface area contributed by atoms with Crippen LogP contribution in [0.15, 0.2) is 24.3 Å². The predicted octanol–water partition coefficient (Wildman–Crippen LogP) is 1.59. The van der Waals surface area contributed by atoms with Gasteiger partial charge in [-0.1, -0.05) is 12.1 Å². The Balaban J connectivity index is 0.00000324. The molecule has 2 atom stereocenters. The molecule has 0 fully saturated rings. The molecule has 0 saturated heterocycles. The SMILES string of the molecule is CC(=O)Nc1cccc(C(C)NC(=O)[C@H](C)N)c1.Cl. The number of anilines is 1. The van der Waals surface area contributed by atoms with Gasteiger partial charge in [-0.25, -0.2) is 0 Å². The topological polar surface area (TPSA) is 84.2 Å². The molecule has 4 N–H and O–H groups in total. The van der Waals surface area contributed by atoms with E-state index in [1.54, 1.807) is 13.0 Å². The summed E-state index contributed by atoms with van der Waals surface area (Å²) in [6.07, 6.45) is 0. The van der Waals surface area contributed by atoms with Crippen molar-refractivity contribution in [1.82, 2.24) is 5.32 Å². The van der Waals surface area contributed by atoms with E-state index in [9.17, 15) is 9.59 Å². The molecule has 0 bridgehead atoms. The third-order valence-electron chi connectivity index (χ3n) is 2.48. The van der Waals surface area contributed by atoms with Crippen molar-refractivity contribution in [2.45, 2.75) is 32.9 Å². The highest BCUT2D eigenvalue weighted by Gasteiger charge is 2.12. The second-order valence-electron chi connectivity index (χ2n) is 4.33. The van der Waals surface area contributed by atoms with E-state index < -0.39 is 6.04 Å². The Morgan fingerprint density at radius 2 is 1.89 bits per heavy atom. The zero-order valence-electron chi connectivity index (χ0n) is 11.3. The Bertz CT molecular complexity index is 449. The minimum Gasteiger partial charge on any atom is -0.348 e. The van der Waals surface area contributed by atoms with Gasteiger partial charge in [0.25, 0.3) is 0 Å². The summed E-state index contributed by atoms with van der Waals surface area (Å²) >= 11 is 0. The van der Waals surface area contributed by atoms with Crippen molar-refractivity contribution >= 4 is 29.9 Å². The lowest BCUT2D eigenvalue weighted by Crippen LogP contribution is -2.39. The van der Waals surface area contributed by atoms with Crippen molar-refractivity contribution in [1.29, 1.82) is 0 Å². The first-order chi connectivity index (χ1) is 8.40. The first-order valence-corrected chi connectivity index (χ1v) is 5.83. The number of nitrogens with one attached hydrogen (secondary N) is 2. The Morgan fingerprint density at radius 3 is 2.42 bits per heavy atom. The number of nitrogens with two attached hydrogens (primary N) is 1. The van der Waals surface area contributed by atoms with E-state index in [0.717, 1.165) is 5.56 Å². The maximum absolute atomic E-state index is 11.5. The molecule has 19 heavy (non-hydrogen) atoms. The summed E-state index contributed by atoms with van der Waals surface area (Å²) in [6.45, 7) is 4.96. The molecular formula is C13H20ClN3O2. The molecule has 5 nitrogen and oxygen atoms in total. The van der Waals surface area contributed by atoms with Gasteiger partial charge < -0.3 is 16.4 Å². The monoisotopic (exact) mass is 285 g/mol. The first kappa shape index (κ1) is 17.4. The van der Waals surface area contributed by atoms with Gasteiger partial charge in [-0.3, -0.25) is 9.59 Å². The fourth-order valence-electron chi connectivity index (χ4n) is 1.52. The van der Waals surface area contributed by atoms with Crippen molar-refractivity contribution in [2.24, 2.45) is 5.73 Å². The number of carbonyl (C=O) groups is 2. The highest BCUT2D eigenvalue weighted by molar-refractivity contribution is 5.88.